The van der Waals surface area contributed by atoms with Gasteiger partial charge in [-0.3, -0.25) is 4.79 Å². The fraction of sp³-hybridized carbons (Fsp3) is 0.350. The highest BCUT2D eigenvalue weighted by Crippen LogP contribution is 2.32. The van der Waals surface area contributed by atoms with Crippen LogP contribution in [-0.2, 0) is 11.2 Å². The van der Waals surface area contributed by atoms with E-state index < -0.39 is 0 Å². The van der Waals surface area contributed by atoms with Gasteiger partial charge >= 0.3 is 0 Å². The van der Waals surface area contributed by atoms with Gasteiger partial charge in [-0.2, -0.15) is 0 Å². The lowest BCUT2D eigenvalue weighted by atomic mass is 10.1. The van der Waals surface area contributed by atoms with E-state index in [0.29, 0.717) is 31.9 Å². The van der Waals surface area contributed by atoms with Crippen molar-refractivity contribution in [1.82, 2.24) is 0 Å². The van der Waals surface area contributed by atoms with Crippen LogP contribution < -0.4 is 20.1 Å². The van der Waals surface area contributed by atoms with Crippen molar-refractivity contribution in [1.29, 1.82) is 0 Å². The van der Waals surface area contributed by atoms with Gasteiger partial charge < -0.3 is 20.1 Å². The topological polar surface area (TPSA) is 59.6 Å². The van der Waals surface area contributed by atoms with Gasteiger partial charge in [0, 0.05) is 30.4 Å². The summed E-state index contributed by atoms with van der Waals surface area (Å²) in [4.78, 5) is 12.2. The highest BCUT2D eigenvalue weighted by Gasteiger charge is 2.13. The molecule has 25 heavy (non-hydrogen) atoms. The molecular formula is C20H24N2O3. The Balaban J connectivity index is 1.54. The van der Waals surface area contributed by atoms with Crippen LogP contribution in [0.25, 0.3) is 0 Å². The first-order valence-electron chi connectivity index (χ1n) is 8.69. The number of carbonyl (C=O) groups excluding carboxylic acids is 1. The summed E-state index contributed by atoms with van der Waals surface area (Å²) in [5, 5.41) is 6.30. The van der Waals surface area contributed by atoms with Crippen molar-refractivity contribution in [2.75, 3.05) is 30.4 Å². The van der Waals surface area contributed by atoms with Gasteiger partial charge in [-0.1, -0.05) is 25.1 Å². The second kappa shape index (κ2) is 7.92. The summed E-state index contributed by atoms with van der Waals surface area (Å²) in [6, 6.07) is 11.7. The lowest BCUT2D eigenvalue weighted by molar-refractivity contribution is -0.115. The number of nitrogens with one attached hydrogen (secondary N) is 2. The van der Waals surface area contributed by atoms with Gasteiger partial charge in [-0.05, 0) is 36.6 Å². The van der Waals surface area contributed by atoms with Crippen molar-refractivity contribution in [3.05, 3.63) is 47.5 Å². The number of hydrogen-bond donors (Lipinski definition) is 2. The summed E-state index contributed by atoms with van der Waals surface area (Å²) in [6.07, 6.45) is 1.36. The number of rotatable bonds is 6. The molecule has 0 bridgehead atoms. The number of amides is 1. The van der Waals surface area contributed by atoms with Crippen LogP contribution in [0.2, 0.25) is 0 Å². The maximum absolute atomic E-state index is 12.2. The van der Waals surface area contributed by atoms with Crippen LogP contribution in [0, 0.1) is 6.92 Å². The fourth-order valence-electron chi connectivity index (χ4n) is 2.92. The minimum absolute atomic E-state index is 0.0317. The number of anilines is 2. The van der Waals surface area contributed by atoms with E-state index in [1.54, 1.807) is 6.07 Å². The van der Waals surface area contributed by atoms with Gasteiger partial charge in [0.2, 0.25) is 5.91 Å². The Bertz CT molecular complexity index is 759. The first kappa shape index (κ1) is 17.1. The van der Waals surface area contributed by atoms with Gasteiger partial charge in [0.25, 0.3) is 0 Å². The molecule has 0 radical (unpaired) electrons. The van der Waals surface area contributed by atoms with Gasteiger partial charge in [0.05, 0.1) is 0 Å². The van der Waals surface area contributed by atoms with E-state index in [9.17, 15) is 4.79 Å². The molecule has 0 aliphatic carbocycles. The van der Waals surface area contributed by atoms with Crippen LogP contribution in [0.4, 0.5) is 11.4 Å². The summed E-state index contributed by atoms with van der Waals surface area (Å²) in [6.45, 7) is 5.90. The predicted octanol–water partition coefficient (Wildman–Crippen LogP) is 3.77. The second-order valence-electron chi connectivity index (χ2n) is 6.05. The molecule has 2 N–H and O–H groups in total. The van der Waals surface area contributed by atoms with E-state index >= 15 is 0 Å². The molecule has 0 aromatic heterocycles. The molecule has 0 atom stereocenters. The van der Waals surface area contributed by atoms with Crippen LogP contribution >= 0.6 is 0 Å². The van der Waals surface area contributed by atoms with Crippen molar-refractivity contribution in [2.24, 2.45) is 0 Å². The third-order valence-corrected chi connectivity index (χ3v) is 4.22. The van der Waals surface area contributed by atoms with Crippen molar-refractivity contribution < 1.29 is 14.3 Å². The number of fused-ring (bicyclic) bond motifs is 1. The maximum Gasteiger partial charge on any atom is 0.226 e. The highest BCUT2D eigenvalue weighted by atomic mass is 16.6. The molecule has 1 aliphatic heterocycles. The Hall–Kier alpha value is -2.69. The molecule has 0 fully saturated rings. The van der Waals surface area contributed by atoms with E-state index in [0.717, 1.165) is 23.5 Å². The molecule has 5 heteroatoms. The Morgan fingerprint density at radius 2 is 1.92 bits per heavy atom. The van der Waals surface area contributed by atoms with Crippen LogP contribution in [0.1, 0.15) is 24.5 Å². The van der Waals surface area contributed by atoms with Crippen LogP contribution in [0.15, 0.2) is 36.4 Å². The number of ether oxygens (including phenoxy) is 2. The smallest absolute Gasteiger partial charge is 0.226 e. The van der Waals surface area contributed by atoms with Gasteiger partial charge in [-0.25, -0.2) is 0 Å². The lowest BCUT2D eigenvalue weighted by Crippen LogP contribution is -2.18. The average molecular weight is 340 g/mol. The molecule has 2 aromatic rings. The summed E-state index contributed by atoms with van der Waals surface area (Å²) in [7, 11) is 0. The van der Waals surface area contributed by atoms with E-state index in [1.165, 1.54) is 11.1 Å². The van der Waals surface area contributed by atoms with E-state index in [2.05, 4.69) is 42.7 Å². The Morgan fingerprint density at radius 1 is 1.12 bits per heavy atom. The van der Waals surface area contributed by atoms with Crippen molar-refractivity contribution in [3.63, 3.8) is 0 Å². The minimum Gasteiger partial charge on any atom is -0.486 e. The molecule has 1 heterocycles. The largest absolute Gasteiger partial charge is 0.486 e. The summed E-state index contributed by atoms with van der Waals surface area (Å²) in [5.41, 5.74) is 4.33. The maximum atomic E-state index is 12.2. The number of aryl methyl sites for hydroxylation is 2. The Morgan fingerprint density at radius 3 is 2.72 bits per heavy atom. The molecule has 0 saturated heterocycles. The zero-order chi connectivity index (χ0) is 17.6. The first-order chi connectivity index (χ1) is 12.2. The molecule has 0 saturated carbocycles. The molecule has 0 spiro atoms. The normalized spacial score (nSPS) is 12.6. The Labute approximate surface area is 148 Å². The molecule has 1 amide bonds. The van der Waals surface area contributed by atoms with E-state index in [1.807, 2.05) is 12.1 Å². The zero-order valence-corrected chi connectivity index (χ0v) is 14.7. The molecule has 0 unspecified atom stereocenters. The second-order valence-corrected chi connectivity index (χ2v) is 6.05. The Kier molecular flexibility index (Phi) is 5.43. The minimum atomic E-state index is -0.0317. The van der Waals surface area contributed by atoms with Crippen LogP contribution in [-0.4, -0.2) is 25.7 Å². The first-order valence-corrected chi connectivity index (χ1v) is 8.69. The molecule has 132 valence electrons. The van der Waals surface area contributed by atoms with Gasteiger partial charge in [0.1, 0.15) is 13.2 Å². The van der Waals surface area contributed by atoms with Crippen LogP contribution in [0.5, 0.6) is 11.5 Å². The summed E-state index contributed by atoms with van der Waals surface area (Å²) >= 11 is 0. The number of carbonyl (C=O) groups is 1. The average Bonchev–Trinajstić information content (AvgIpc) is 2.63. The van der Waals surface area contributed by atoms with E-state index in [4.69, 9.17) is 9.47 Å². The number of hydrogen-bond acceptors (Lipinski definition) is 4. The highest BCUT2D eigenvalue weighted by molar-refractivity contribution is 5.91. The predicted molar refractivity (Wildman–Crippen MR) is 99.7 cm³/mol. The number of para-hydroxylation sites is 1. The standard InChI is InChI=1S/C20H24N2O3/c1-3-15-6-4-5-14(2)20(15)21-10-9-19(23)22-16-7-8-17-18(13-16)25-12-11-24-17/h4-8,13,21H,3,9-12H2,1-2H3,(H,22,23). The van der Waals surface area contributed by atoms with Gasteiger partial charge in [-0.15, -0.1) is 0 Å². The van der Waals surface area contributed by atoms with E-state index in [-0.39, 0.29) is 5.91 Å². The third-order valence-electron chi connectivity index (χ3n) is 4.22. The summed E-state index contributed by atoms with van der Waals surface area (Å²) < 4.78 is 11.0. The zero-order valence-electron chi connectivity index (χ0n) is 14.7. The molecule has 5 nitrogen and oxygen atoms in total. The molecular weight excluding hydrogens is 316 g/mol. The molecule has 2 aromatic carbocycles. The van der Waals surface area contributed by atoms with Crippen molar-refractivity contribution in [3.8, 4) is 11.5 Å². The van der Waals surface area contributed by atoms with Crippen molar-refractivity contribution in [2.45, 2.75) is 26.7 Å². The van der Waals surface area contributed by atoms with Crippen LogP contribution in [0.3, 0.4) is 0 Å². The van der Waals surface area contributed by atoms with Crippen molar-refractivity contribution >= 4 is 17.3 Å². The SMILES string of the molecule is CCc1cccc(C)c1NCCC(=O)Nc1ccc2c(c1)OCCO2. The fourth-order valence-corrected chi connectivity index (χ4v) is 2.92. The quantitative estimate of drug-likeness (QED) is 0.840. The summed E-state index contributed by atoms with van der Waals surface area (Å²) in [5.74, 6) is 1.36. The molecule has 3 rings (SSSR count). The number of benzene rings is 2. The lowest BCUT2D eigenvalue weighted by Gasteiger charge is -2.19. The monoisotopic (exact) mass is 340 g/mol. The third kappa shape index (κ3) is 4.24. The molecule has 1 aliphatic rings. The van der Waals surface area contributed by atoms with Gasteiger partial charge in [0.15, 0.2) is 11.5 Å².